The molecule has 7 heteroatoms. The quantitative estimate of drug-likeness (QED) is 0.218. The molecule has 0 heterocycles. The molecule has 1 aromatic carbocycles. The standard InChI is InChI=1S/C23H36N2O2S2Si/c1-6-19(2)27-30(4,5)17-11-16-25-21(26)14-10-15-23(3,18-24)29-22(28)20-12-8-7-9-13-20/h7-9,12-13,19H,6,10-11,14-17H2,1-5H3,(H,25,26)/t19-,23?/m0/s1. The minimum atomic E-state index is -1.66. The second-order valence-electron chi connectivity index (χ2n) is 8.50. The van der Waals surface area contributed by atoms with Crippen LogP contribution in [0.3, 0.4) is 0 Å². The van der Waals surface area contributed by atoms with Crippen LogP contribution >= 0.6 is 24.0 Å². The molecule has 1 aromatic rings. The van der Waals surface area contributed by atoms with Crippen molar-refractivity contribution in [3.8, 4) is 6.07 Å². The summed E-state index contributed by atoms with van der Waals surface area (Å²) in [6.45, 7) is 11.3. The maximum Gasteiger partial charge on any atom is 0.219 e. The Morgan fingerprint density at radius 1 is 1.33 bits per heavy atom. The molecule has 4 nitrogen and oxygen atoms in total. The molecule has 1 amide bonds. The minimum Gasteiger partial charge on any atom is -0.415 e. The number of thioether (sulfide) groups is 1. The van der Waals surface area contributed by atoms with Gasteiger partial charge in [0.25, 0.3) is 0 Å². The predicted molar refractivity (Wildman–Crippen MR) is 134 cm³/mol. The normalized spacial score (nSPS) is 14.4. The summed E-state index contributed by atoms with van der Waals surface area (Å²) in [5.41, 5.74) is 0.959. The average Bonchev–Trinajstić information content (AvgIpc) is 2.71. The summed E-state index contributed by atoms with van der Waals surface area (Å²) in [5, 5.41) is 12.6. The van der Waals surface area contributed by atoms with Gasteiger partial charge in [0.1, 0.15) is 4.75 Å². The minimum absolute atomic E-state index is 0.0493. The van der Waals surface area contributed by atoms with Gasteiger partial charge in [-0.3, -0.25) is 4.79 Å². The van der Waals surface area contributed by atoms with Gasteiger partial charge in [0, 0.05) is 19.1 Å². The SMILES string of the molecule is CC[C@H](C)O[Si](C)(C)CCCNC(=O)CCCC(C)(C#N)SC(=S)c1ccccc1. The van der Waals surface area contributed by atoms with E-state index in [9.17, 15) is 10.1 Å². The van der Waals surface area contributed by atoms with Gasteiger partial charge in [0.15, 0.2) is 8.32 Å². The van der Waals surface area contributed by atoms with Crippen molar-refractivity contribution in [2.45, 2.75) is 82.9 Å². The Bertz CT molecular complexity index is 722. The molecule has 1 rings (SSSR count). The number of amides is 1. The van der Waals surface area contributed by atoms with E-state index in [1.807, 2.05) is 37.3 Å². The molecule has 1 unspecified atom stereocenters. The molecule has 0 saturated heterocycles. The van der Waals surface area contributed by atoms with Crippen LogP contribution in [0, 0.1) is 11.3 Å². The first-order valence-electron chi connectivity index (χ1n) is 10.7. The van der Waals surface area contributed by atoms with Crippen molar-refractivity contribution < 1.29 is 9.22 Å². The molecular weight excluding hydrogens is 428 g/mol. The third-order valence-corrected chi connectivity index (χ3v) is 9.25. The zero-order chi connectivity index (χ0) is 22.6. The van der Waals surface area contributed by atoms with E-state index < -0.39 is 13.1 Å². The fourth-order valence-corrected chi connectivity index (χ4v) is 7.12. The number of carbonyl (C=O) groups is 1. The van der Waals surface area contributed by atoms with Crippen molar-refractivity contribution in [1.82, 2.24) is 5.32 Å². The number of rotatable bonds is 13. The van der Waals surface area contributed by atoms with Crippen molar-refractivity contribution in [1.29, 1.82) is 5.26 Å². The number of nitrogens with zero attached hydrogens (tertiary/aromatic N) is 1. The number of nitrogens with one attached hydrogen (secondary N) is 1. The van der Waals surface area contributed by atoms with E-state index in [4.69, 9.17) is 16.6 Å². The maximum atomic E-state index is 12.2. The molecule has 0 saturated carbocycles. The monoisotopic (exact) mass is 464 g/mol. The Balaban J connectivity index is 2.31. The Kier molecular flexibility index (Phi) is 11.9. The lowest BCUT2D eigenvalue weighted by Crippen LogP contribution is -2.35. The summed E-state index contributed by atoms with van der Waals surface area (Å²) in [7, 11) is -1.66. The van der Waals surface area contributed by atoms with Crippen molar-refractivity contribution in [3.63, 3.8) is 0 Å². The first-order valence-corrected chi connectivity index (χ1v) is 15.1. The van der Waals surface area contributed by atoms with Gasteiger partial charge in [-0.2, -0.15) is 5.26 Å². The van der Waals surface area contributed by atoms with E-state index in [0.717, 1.165) is 28.6 Å². The second-order valence-corrected chi connectivity index (χ2v) is 14.9. The van der Waals surface area contributed by atoms with Crippen molar-refractivity contribution in [3.05, 3.63) is 35.9 Å². The fraction of sp³-hybridized carbons (Fsp3) is 0.609. The van der Waals surface area contributed by atoms with E-state index in [2.05, 4.69) is 38.3 Å². The highest BCUT2D eigenvalue weighted by molar-refractivity contribution is 8.24. The van der Waals surface area contributed by atoms with Crippen LogP contribution in [0.15, 0.2) is 30.3 Å². The predicted octanol–water partition coefficient (Wildman–Crippen LogP) is 6.07. The highest BCUT2D eigenvalue weighted by Crippen LogP contribution is 2.33. The number of nitriles is 1. The lowest BCUT2D eigenvalue weighted by Gasteiger charge is -2.27. The van der Waals surface area contributed by atoms with Crippen LogP contribution in [0.2, 0.25) is 19.1 Å². The molecule has 0 fully saturated rings. The molecule has 0 aliphatic rings. The Morgan fingerprint density at radius 2 is 2.00 bits per heavy atom. The van der Waals surface area contributed by atoms with Crippen LogP contribution in [0.4, 0.5) is 0 Å². The lowest BCUT2D eigenvalue weighted by atomic mass is 10.0. The zero-order valence-corrected chi connectivity index (χ0v) is 21.6. The molecule has 0 radical (unpaired) electrons. The average molecular weight is 465 g/mol. The van der Waals surface area contributed by atoms with E-state index in [1.54, 1.807) is 0 Å². The van der Waals surface area contributed by atoms with Gasteiger partial charge in [-0.25, -0.2) is 0 Å². The van der Waals surface area contributed by atoms with E-state index in [1.165, 1.54) is 11.8 Å². The Hall–Kier alpha value is -1.20. The largest absolute Gasteiger partial charge is 0.415 e. The van der Waals surface area contributed by atoms with Crippen molar-refractivity contribution >= 4 is 42.4 Å². The summed E-state index contributed by atoms with van der Waals surface area (Å²) < 4.78 is 6.24. The molecule has 0 aromatic heterocycles. The molecule has 166 valence electrons. The number of carbonyl (C=O) groups excluding carboxylic acids is 1. The Morgan fingerprint density at radius 3 is 2.60 bits per heavy atom. The van der Waals surface area contributed by atoms with Gasteiger partial charge >= 0.3 is 0 Å². The number of hydrogen-bond acceptors (Lipinski definition) is 5. The third kappa shape index (κ3) is 10.7. The molecule has 1 N–H and O–H groups in total. The summed E-state index contributed by atoms with van der Waals surface area (Å²) in [4.78, 5) is 12.2. The first kappa shape index (κ1) is 26.8. The smallest absolute Gasteiger partial charge is 0.219 e. The molecular formula is C23H36N2O2S2Si. The number of hydrogen-bond donors (Lipinski definition) is 1. The van der Waals surface area contributed by atoms with Gasteiger partial charge in [0.05, 0.1) is 10.3 Å². The molecule has 30 heavy (non-hydrogen) atoms. The summed E-state index contributed by atoms with van der Waals surface area (Å²) >= 11 is 6.91. The van der Waals surface area contributed by atoms with Crippen LogP contribution in [0.1, 0.15) is 58.4 Å². The fourth-order valence-electron chi connectivity index (χ4n) is 3.07. The lowest BCUT2D eigenvalue weighted by molar-refractivity contribution is -0.121. The molecule has 0 spiro atoms. The molecule has 2 atom stereocenters. The first-order chi connectivity index (χ1) is 14.1. The van der Waals surface area contributed by atoms with Gasteiger partial charge in [-0.1, -0.05) is 61.2 Å². The van der Waals surface area contributed by atoms with Crippen LogP contribution in [-0.2, 0) is 9.22 Å². The molecule has 0 aliphatic carbocycles. The number of benzene rings is 1. The van der Waals surface area contributed by atoms with E-state index in [-0.39, 0.29) is 5.91 Å². The number of thiocarbonyl (C=S) groups is 1. The maximum absolute atomic E-state index is 12.2. The zero-order valence-electron chi connectivity index (χ0n) is 19.0. The van der Waals surface area contributed by atoms with E-state index >= 15 is 0 Å². The second kappa shape index (κ2) is 13.3. The van der Waals surface area contributed by atoms with Crippen molar-refractivity contribution in [2.75, 3.05) is 6.54 Å². The van der Waals surface area contributed by atoms with Crippen LogP contribution in [0.5, 0.6) is 0 Å². The highest BCUT2D eigenvalue weighted by atomic mass is 32.2. The van der Waals surface area contributed by atoms with Crippen molar-refractivity contribution in [2.24, 2.45) is 0 Å². The summed E-state index contributed by atoms with van der Waals surface area (Å²) in [6.07, 6.45) is 4.00. The topological polar surface area (TPSA) is 62.1 Å². The molecule has 0 aliphatic heterocycles. The van der Waals surface area contributed by atoms with Crippen LogP contribution < -0.4 is 5.32 Å². The van der Waals surface area contributed by atoms with Crippen LogP contribution in [-0.4, -0.2) is 35.8 Å². The summed E-state index contributed by atoms with van der Waals surface area (Å²) in [6, 6.07) is 13.2. The van der Waals surface area contributed by atoms with Gasteiger partial charge in [-0.15, -0.1) is 0 Å². The van der Waals surface area contributed by atoms with E-state index in [0.29, 0.717) is 31.9 Å². The Labute approximate surface area is 193 Å². The van der Waals surface area contributed by atoms with Gasteiger partial charge in [0.2, 0.25) is 5.91 Å². The third-order valence-electron chi connectivity index (χ3n) is 4.99. The van der Waals surface area contributed by atoms with Gasteiger partial charge in [-0.05, 0) is 64.2 Å². The molecule has 0 bridgehead atoms. The highest BCUT2D eigenvalue weighted by Gasteiger charge is 2.27. The van der Waals surface area contributed by atoms with Gasteiger partial charge < -0.3 is 9.74 Å². The summed E-state index contributed by atoms with van der Waals surface area (Å²) in [5.74, 6) is 0.0493. The van der Waals surface area contributed by atoms with Crippen LogP contribution in [0.25, 0.3) is 0 Å².